The van der Waals surface area contributed by atoms with Gasteiger partial charge < -0.3 is 15.5 Å². The second-order valence-corrected chi connectivity index (χ2v) is 8.49. The summed E-state index contributed by atoms with van der Waals surface area (Å²) >= 11 is 6.52. The number of hydrogen-bond acceptors (Lipinski definition) is 6. The topological polar surface area (TPSA) is 107 Å². The number of allylic oxidation sites excluding steroid dienone is 2. The molecular weight excluding hydrogens is 448 g/mol. The number of carboxylic acids is 1. The number of nitrogens with one attached hydrogen (secondary N) is 1. The highest BCUT2D eigenvalue weighted by molar-refractivity contribution is 8.26. The van der Waals surface area contributed by atoms with Crippen LogP contribution >= 0.6 is 24.0 Å². The van der Waals surface area contributed by atoms with Gasteiger partial charge in [-0.2, -0.15) is 0 Å². The Kier molecular flexibility index (Phi) is 7.80. The van der Waals surface area contributed by atoms with E-state index in [2.05, 4.69) is 5.32 Å². The molecule has 0 aromatic heterocycles. The number of thioether (sulfide) groups is 1. The van der Waals surface area contributed by atoms with Crippen molar-refractivity contribution in [1.82, 2.24) is 4.90 Å². The molecule has 0 aliphatic carbocycles. The molecule has 0 unspecified atom stereocenters. The fourth-order valence-corrected chi connectivity index (χ4v) is 4.18. The zero-order valence-electron chi connectivity index (χ0n) is 16.9. The van der Waals surface area contributed by atoms with Crippen molar-refractivity contribution < 1.29 is 24.6 Å². The van der Waals surface area contributed by atoms with Gasteiger partial charge in [-0.1, -0.05) is 66.5 Å². The lowest BCUT2D eigenvalue weighted by atomic mass is 10.1. The molecule has 0 spiro atoms. The summed E-state index contributed by atoms with van der Waals surface area (Å²) in [6.45, 7) is 0.299. The molecule has 1 heterocycles. The number of thiocarbonyl (C=S) groups is 1. The molecule has 0 radical (unpaired) electrons. The van der Waals surface area contributed by atoms with Crippen LogP contribution in [0.4, 0.5) is 5.69 Å². The number of rotatable bonds is 8. The Bertz CT molecular complexity index is 1110. The van der Waals surface area contributed by atoms with Crippen LogP contribution in [0.25, 0.3) is 6.08 Å². The van der Waals surface area contributed by atoms with Crippen molar-refractivity contribution in [2.24, 2.45) is 0 Å². The van der Waals surface area contributed by atoms with E-state index in [-0.39, 0.29) is 35.2 Å². The first kappa shape index (κ1) is 23.2. The molecule has 2 aromatic rings. The van der Waals surface area contributed by atoms with Crippen molar-refractivity contribution in [3.8, 4) is 5.75 Å². The highest BCUT2D eigenvalue weighted by atomic mass is 32.2. The number of hydrogen-bond donors (Lipinski definition) is 3. The van der Waals surface area contributed by atoms with E-state index in [9.17, 15) is 19.5 Å². The molecule has 9 heteroatoms. The van der Waals surface area contributed by atoms with Crippen molar-refractivity contribution in [3.05, 3.63) is 76.7 Å². The van der Waals surface area contributed by atoms with Crippen LogP contribution in [0, 0.1) is 0 Å². The van der Waals surface area contributed by atoms with Crippen LogP contribution in [-0.4, -0.2) is 43.8 Å². The zero-order chi connectivity index (χ0) is 23.1. The third-order valence-corrected chi connectivity index (χ3v) is 5.90. The SMILES string of the molecule is O=C(CCCN1C(=O)/C(=C/C=C/c2ccccc2)SC1=S)Nc1ccc(O)c(C(=O)O)c1. The fraction of sp³-hybridized carbons (Fsp3) is 0.130. The molecule has 7 nitrogen and oxygen atoms in total. The summed E-state index contributed by atoms with van der Waals surface area (Å²) < 4.78 is 0.444. The quantitative estimate of drug-likeness (QED) is 0.302. The van der Waals surface area contributed by atoms with Crippen molar-refractivity contribution in [3.63, 3.8) is 0 Å². The number of aromatic hydroxyl groups is 1. The Hall–Kier alpha value is -3.43. The molecule has 0 atom stereocenters. The average molecular weight is 469 g/mol. The van der Waals surface area contributed by atoms with Gasteiger partial charge in [0.15, 0.2) is 0 Å². The molecule has 1 aliphatic heterocycles. The van der Waals surface area contributed by atoms with Gasteiger partial charge in [0.2, 0.25) is 5.91 Å². The summed E-state index contributed by atoms with van der Waals surface area (Å²) in [5.41, 5.74) is 0.992. The molecule has 0 saturated carbocycles. The van der Waals surface area contributed by atoms with Crippen LogP contribution in [0.2, 0.25) is 0 Å². The molecule has 2 amide bonds. The first-order valence-corrected chi connectivity index (χ1v) is 10.9. The number of anilines is 1. The number of benzene rings is 2. The Labute approximate surface area is 194 Å². The number of carbonyl (C=O) groups excluding carboxylic acids is 2. The van der Waals surface area contributed by atoms with Gasteiger partial charge in [0.1, 0.15) is 15.6 Å². The van der Waals surface area contributed by atoms with Gasteiger partial charge >= 0.3 is 5.97 Å². The molecule has 1 aliphatic rings. The first-order chi connectivity index (χ1) is 15.3. The lowest BCUT2D eigenvalue weighted by molar-refractivity contribution is -0.122. The Morgan fingerprint density at radius 1 is 1.16 bits per heavy atom. The van der Waals surface area contributed by atoms with Gasteiger partial charge in [0.05, 0.1) is 4.91 Å². The molecule has 2 aromatic carbocycles. The largest absolute Gasteiger partial charge is 0.507 e. The predicted molar refractivity (Wildman–Crippen MR) is 128 cm³/mol. The van der Waals surface area contributed by atoms with Crippen LogP contribution in [0.1, 0.15) is 28.8 Å². The summed E-state index contributed by atoms with van der Waals surface area (Å²) in [7, 11) is 0. The average Bonchev–Trinajstić information content (AvgIpc) is 3.03. The van der Waals surface area contributed by atoms with Crippen LogP contribution in [0.3, 0.4) is 0 Å². The van der Waals surface area contributed by atoms with E-state index in [4.69, 9.17) is 17.3 Å². The number of carbonyl (C=O) groups is 3. The van der Waals surface area contributed by atoms with E-state index in [0.717, 1.165) is 5.56 Å². The lowest BCUT2D eigenvalue weighted by Gasteiger charge is -2.14. The van der Waals surface area contributed by atoms with Gasteiger partial charge in [-0.3, -0.25) is 14.5 Å². The maximum absolute atomic E-state index is 12.6. The Morgan fingerprint density at radius 3 is 2.62 bits per heavy atom. The second-order valence-electron chi connectivity index (χ2n) is 6.81. The minimum atomic E-state index is -1.29. The van der Waals surface area contributed by atoms with Crippen LogP contribution < -0.4 is 5.32 Å². The molecule has 3 N–H and O–H groups in total. The van der Waals surface area contributed by atoms with Crippen molar-refractivity contribution >= 4 is 57.8 Å². The zero-order valence-corrected chi connectivity index (χ0v) is 18.5. The summed E-state index contributed by atoms with van der Waals surface area (Å²) in [6, 6.07) is 13.5. The van der Waals surface area contributed by atoms with E-state index in [1.165, 1.54) is 34.9 Å². The molecule has 3 rings (SSSR count). The van der Waals surface area contributed by atoms with Gasteiger partial charge in [-0.15, -0.1) is 0 Å². The monoisotopic (exact) mass is 468 g/mol. The molecule has 32 heavy (non-hydrogen) atoms. The third kappa shape index (κ3) is 6.05. The maximum Gasteiger partial charge on any atom is 0.339 e. The highest BCUT2D eigenvalue weighted by Crippen LogP contribution is 2.31. The number of carboxylic acid groups (broad SMARTS) is 1. The van der Waals surface area contributed by atoms with E-state index in [1.54, 1.807) is 12.2 Å². The molecule has 1 saturated heterocycles. The van der Waals surface area contributed by atoms with E-state index in [1.807, 2.05) is 36.4 Å². The summed E-state index contributed by atoms with van der Waals surface area (Å²) in [6.07, 6.45) is 5.93. The minimum absolute atomic E-state index is 0.118. The number of phenols is 1. The second kappa shape index (κ2) is 10.7. The van der Waals surface area contributed by atoms with E-state index in [0.29, 0.717) is 22.2 Å². The smallest absolute Gasteiger partial charge is 0.339 e. The molecule has 0 bridgehead atoms. The number of aromatic carboxylic acids is 1. The Morgan fingerprint density at radius 2 is 1.91 bits per heavy atom. The van der Waals surface area contributed by atoms with Gasteiger partial charge in [0.25, 0.3) is 5.91 Å². The van der Waals surface area contributed by atoms with Crippen LogP contribution in [0.5, 0.6) is 5.75 Å². The summed E-state index contributed by atoms with van der Waals surface area (Å²) in [5, 5.41) is 21.2. The highest BCUT2D eigenvalue weighted by Gasteiger charge is 2.31. The van der Waals surface area contributed by atoms with Crippen molar-refractivity contribution in [2.45, 2.75) is 12.8 Å². The third-order valence-electron chi connectivity index (χ3n) is 4.51. The fourth-order valence-electron chi connectivity index (χ4n) is 2.92. The molecule has 164 valence electrons. The van der Waals surface area contributed by atoms with Crippen molar-refractivity contribution in [2.75, 3.05) is 11.9 Å². The van der Waals surface area contributed by atoms with Crippen LogP contribution in [0.15, 0.2) is 65.6 Å². The predicted octanol–water partition coefficient (Wildman–Crippen LogP) is 4.27. The van der Waals surface area contributed by atoms with Gasteiger partial charge in [0, 0.05) is 18.7 Å². The normalized spacial score (nSPS) is 15.0. The maximum atomic E-state index is 12.6. The van der Waals surface area contributed by atoms with Gasteiger partial charge in [-0.05, 0) is 36.3 Å². The van der Waals surface area contributed by atoms with E-state index < -0.39 is 5.97 Å². The number of amides is 2. The van der Waals surface area contributed by atoms with Gasteiger partial charge in [-0.25, -0.2) is 4.79 Å². The molecular formula is C23H20N2O5S2. The van der Waals surface area contributed by atoms with Crippen molar-refractivity contribution in [1.29, 1.82) is 0 Å². The first-order valence-electron chi connectivity index (χ1n) is 9.68. The minimum Gasteiger partial charge on any atom is -0.507 e. The molecule has 1 fully saturated rings. The number of nitrogens with zero attached hydrogens (tertiary/aromatic N) is 1. The standard InChI is InChI=1S/C23H20N2O5S2/c26-18-12-11-16(14-17(18)22(29)30)24-20(27)10-5-13-25-21(28)19(32-23(25)31)9-4-8-15-6-2-1-3-7-15/h1-4,6-9,11-12,14,26H,5,10,13H2,(H,24,27)(H,29,30)/b8-4+,19-9-. The van der Waals surface area contributed by atoms with Crippen LogP contribution in [-0.2, 0) is 9.59 Å². The van der Waals surface area contributed by atoms with E-state index >= 15 is 0 Å². The lowest BCUT2D eigenvalue weighted by Crippen LogP contribution is -2.29. The summed E-state index contributed by atoms with van der Waals surface area (Å²) in [5.74, 6) is -2.20. The summed E-state index contributed by atoms with van der Waals surface area (Å²) in [4.78, 5) is 37.8. The Balaban J connectivity index is 1.51.